The molecule has 1 saturated carbocycles. The predicted octanol–water partition coefficient (Wildman–Crippen LogP) is 1.45. The van der Waals surface area contributed by atoms with E-state index < -0.39 is 23.2 Å². The van der Waals surface area contributed by atoms with Gasteiger partial charge in [0.15, 0.2) is 23.4 Å². The molecule has 0 saturated heterocycles. The highest BCUT2D eigenvalue weighted by Crippen LogP contribution is 2.64. The van der Waals surface area contributed by atoms with Gasteiger partial charge >= 0.3 is 0 Å². The number of Topliss-reactive ketones (excluding diaryl/α,β-unsaturated/α-hetero) is 1. The summed E-state index contributed by atoms with van der Waals surface area (Å²) in [6, 6.07) is 3.43. The Morgan fingerprint density at radius 2 is 2.09 bits per heavy atom. The van der Waals surface area contributed by atoms with Crippen molar-refractivity contribution in [2.45, 2.75) is 62.8 Å². The molecule has 1 unspecified atom stereocenters. The van der Waals surface area contributed by atoms with Gasteiger partial charge < -0.3 is 20.1 Å². The largest absolute Gasteiger partial charge is 0.504 e. The van der Waals surface area contributed by atoms with Crippen LogP contribution in [0, 0.1) is 5.92 Å². The highest BCUT2D eigenvalue weighted by atomic mass is 16.5. The zero-order valence-corrected chi connectivity index (χ0v) is 13.4. The van der Waals surface area contributed by atoms with E-state index in [1.807, 2.05) is 19.9 Å². The first-order valence-electron chi connectivity index (χ1n) is 8.33. The summed E-state index contributed by atoms with van der Waals surface area (Å²) in [5.41, 5.74) is -0.671. The molecule has 1 aliphatic heterocycles. The van der Waals surface area contributed by atoms with Gasteiger partial charge in [0.05, 0.1) is 11.5 Å². The number of ether oxygens (including phenoxy) is 1. The average Bonchev–Trinajstić information content (AvgIpc) is 2.86. The number of carbonyl (C=O) groups excluding carboxylic acids is 1. The monoisotopic (exact) mass is 318 g/mol. The smallest absolute Gasteiger partial charge is 0.177 e. The molecule has 3 aliphatic rings. The van der Waals surface area contributed by atoms with Gasteiger partial charge in [0.2, 0.25) is 0 Å². The zero-order valence-electron chi connectivity index (χ0n) is 13.4. The molecule has 1 heterocycles. The number of phenolic OH excluding ortho intramolecular Hbond substituents is 1. The van der Waals surface area contributed by atoms with Crippen molar-refractivity contribution in [3.05, 3.63) is 23.3 Å². The van der Waals surface area contributed by atoms with Gasteiger partial charge in [-0.1, -0.05) is 26.3 Å². The van der Waals surface area contributed by atoms with Gasteiger partial charge in [0, 0.05) is 12.0 Å². The molecule has 1 aromatic carbocycles. The van der Waals surface area contributed by atoms with Crippen molar-refractivity contribution in [2.75, 3.05) is 0 Å². The van der Waals surface area contributed by atoms with Crippen LogP contribution < -0.4 is 4.74 Å². The number of aliphatic hydroxyl groups is 2. The van der Waals surface area contributed by atoms with Gasteiger partial charge in [-0.25, -0.2) is 0 Å². The van der Waals surface area contributed by atoms with E-state index in [2.05, 4.69) is 0 Å². The molecule has 0 bridgehead atoms. The summed E-state index contributed by atoms with van der Waals surface area (Å²) in [6.07, 6.45) is -0.195. The number of aromatic hydroxyl groups is 1. The quantitative estimate of drug-likeness (QED) is 0.768. The Labute approximate surface area is 134 Å². The van der Waals surface area contributed by atoms with Crippen LogP contribution in [0.1, 0.15) is 44.2 Å². The lowest BCUT2D eigenvalue weighted by molar-refractivity contribution is -0.205. The molecule has 1 fully saturated rings. The van der Waals surface area contributed by atoms with E-state index in [0.29, 0.717) is 18.6 Å². The Morgan fingerprint density at radius 1 is 1.35 bits per heavy atom. The fourth-order valence-corrected chi connectivity index (χ4v) is 5.35. The second-order valence-corrected chi connectivity index (χ2v) is 7.28. The van der Waals surface area contributed by atoms with Crippen LogP contribution in [0.5, 0.6) is 11.5 Å². The van der Waals surface area contributed by atoms with Crippen molar-refractivity contribution in [1.82, 2.24) is 0 Å². The third-order valence-electron chi connectivity index (χ3n) is 6.18. The third kappa shape index (κ3) is 1.48. The highest BCUT2D eigenvalue weighted by molar-refractivity contribution is 5.90. The van der Waals surface area contributed by atoms with Crippen molar-refractivity contribution in [2.24, 2.45) is 5.92 Å². The SMILES string of the molecule is CCC[C@]12c3c4ccc(O)c3O[C@H]1C(=O)CC(O)[C@@]2(O)[C@H](C)C4. The highest BCUT2D eigenvalue weighted by Gasteiger charge is 2.72. The number of ketones is 1. The Hall–Kier alpha value is -1.59. The molecule has 0 aromatic heterocycles. The Bertz CT molecular complexity index is 699. The van der Waals surface area contributed by atoms with Gasteiger partial charge in [0.1, 0.15) is 5.60 Å². The molecule has 4 rings (SSSR count). The lowest BCUT2D eigenvalue weighted by Gasteiger charge is -2.58. The molecule has 0 spiro atoms. The second kappa shape index (κ2) is 4.48. The zero-order chi connectivity index (χ0) is 16.6. The van der Waals surface area contributed by atoms with Gasteiger partial charge in [-0.2, -0.15) is 0 Å². The minimum atomic E-state index is -1.42. The third-order valence-corrected chi connectivity index (χ3v) is 6.18. The van der Waals surface area contributed by atoms with E-state index in [9.17, 15) is 20.1 Å². The molecule has 0 amide bonds. The van der Waals surface area contributed by atoms with Crippen molar-refractivity contribution >= 4 is 5.78 Å². The molecule has 124 valence electrons. The van der Waals surface area contributed by atoms with E-state index in [-0.39, 0.29) is 23.9 Å². The first-order valence-corrected chi connectivity index (χ1v) is 8.33. The maximum Gasteiger partial charge on any atom is 0.177 e. The first kappa shape index (κ1) is 15.0. The van der Waals surface area contributed by atoms with Crippen molar-refractivity contribution in [3.8, 4) is 11.5 Å². The summed E-state index contributed by atoms with van der Waals surface area (Å²) in [5.74, 6) is -0.0981. The Morgan fingerprint density at radius 3 is 2.78 bits per heavy atom. The lowest BCUT2D eigenvalue weighted by atomic mass is 9.48. The van der Waals surface area contributed by atoms with Crippen LogP contribution in [-0.4, -0.2) is 38.9 Å². The summed E-state index contributed by atoms with van der Waals surface area (Å²) >= 11 is 0. The topological polar surface area (TPSA) is 87.0 Å². The number of carbonyl (C=O) groups is 1. The lowest BCUT2D eigenvalue weighted by Crippen LogP contribution is -2.73. The van der Waals surface area contributed by atoms with Gasteiger partial charge in [0.25, 0.3) is 0 Å². The van der Waals surface area contributed by atoms with Crippen LogP contribution in [0.3, 0.4) is 0 Å². The van der Waals surface area contributed by atoms with Crippen LogP contribution in [0.4, 0.5) is 0 Å². The summed E-state index contributed by atoms with van der Waals surface area (Å²) in [7, 11) is 0. The van der Waals surface area contributed by atoms with Crippen molar-refractivity contribution in [3.63, 3.8) is 0 Å². The van der Waals surface area contributed by atoms with Gasteiger partial charge in [-0.05, 0) is 30.4 Å². The molecular formula is C18H22O5. The number of aliphatic hydroxyl groups excluding tert-OH is 1. The van der Waals surface area contributed by atoms with E-state index in [0.717, 1.165) is 17.5 Å². The fourth-order valence-electron chi connectivity index (χ4n) is 5.35. The van der Waals surface area contributed by atoms with E-state index in [4.69, 9.17) is 4.74 Å². The predicted molar refractivity (Wildman–Crippen MR) is 82.6 cm³/mol. The maximum atomic E-state index is 12.6. The molecule has 5 atom stereocenters. The Balaban J connectivity index is 2.09. The summed E-state index contributed by atoms with van der Waals surface area (Å²) in [6.45, 7) is 3.91. The van der Waals surface area contributed by atoms with Crippen LogP contribution >= 0.6 is 0 Å². The molecular weight excluding hydrogens is 296 g/mol. The number of hydrogen-bond donors (Lipinski definition) is 3. The Kier molecular flexibility index (Phi) is 2.92. The molecule has 3 N–H and O–H groups in total. The normalized spacial score (nSPS) is 40.7. The molecule has 2 aliphatic carbocycles. The number of hydrogen-bond acceptors (Lipinski definition) is 5. The number of phenols is 1. The number of rotatable bonds is 2. The maximum absolute atomic E-state index is 12.6. The van der Waals surface area contributed by atoms with Crippen LogP contribution in [-0.2, 0) is 16.6 Å². The van der Waals surface area contributed by atoms with E-state index in [1.54, 1.807) is 6.07 Å². The van der Waals surface area contributed by atoms with Gasteiger partial charge in [-0.3, -0.25) is 4.79 Å². The molecule has 23 heavy (non-hydrogen) atoms. The standard InChI is InChI=1S/C18H22O5/c1-3-6-17-14-10-4-5-11(19)15(14)23-16(17)12(20)8-13(21)18(17,22)9(2)7-10/h4-5,9,13,16,19,21-22H,3,6-8H2,1-2H3/t9-,13?,16+,17+,18+/m1/s1. The molecule has 0 radical (unpaired) electrons. The molecule has 1 aromatic rings. The van der Waals surface area contributed by atoms with Crippen LogP contribution in [0.2, 0.25) is 0 Å². The van der Waals surface area contributed by atoms with Gasteiger partial charge in [-0.15, -0.1) is 0 Å². The minimum Gasteiger partial charge on any atom is -0.504 e. The first-order chi connectivity index (χ1) is 10.9. The molecule has 5 nitrogen and oxygen atoms in total. The fraction of sp³-hybridized carbons (Fsp3) is 0.611. The number of benzene rings is 1. The van der Waals surface area contributed by atoms with E-state index in [1.165, 1.54) is 0 Å². The van der Waals surface area contributed by atoms with Crippen molar-refractivity contribution in [1.29, 1.82) is 0 Å². The molecule has 5 heteroatoms. The van der Waals surface area contributed by atoms with E-state index >= 15 is 0 Å². The van der Waals surface area contributed by atoms with Crippen molar-refractivity contribution < 1.29 is 24.9 Å². The van der Waals surface area contributed by atoms with Crippen LogP contribution in [0.25, 0.3) is 0 Å². The second-order valence-electron chi connectivity index (χ2n) is 7.28. The summed E-state index contributed by atoms with van der Waals surface area (Å²) in [5, 5.41) is 32.5. The summed E-state index contributed by atoms with van der Waals surface area (Å²) < 4.78 is 5.89. The van der Waals surface area contributed by atoms with Crippen LogP contribution in [0.15, 0.2) is 12.1 Å². The summed E-state index contributed by atoms with van der Waals surface area (Å²) in [4.78, 5) is 12.6. The average molecular weight is 318 g/mol. The minimum absolute atomic E-state index is 0.00665.